The van der Waals surface area contributed by atoms with Gasteiger partial charge in [-0.25, -0.2) is 0 Å². The van der Waals surface area contributed by atoms with E-state index in [-0.39, 0.29) is 18.5 Å². The van der Waals surface area contributed by atoms with E-state index in [0.717, 1.165) is 51.4 Å². The number of rotatable bonds is 68. The Kier molecular flexibility index (Phi) is 68.4. The molecule has 0 spiro atoms. The molecule has 0 fully saturated rings. The minimum absolute atomic E-state index is 0.00153. The number of unbranched alkanes of at least 4 members (excludes halogenated alkanes) is 51. The van der Waals surface area contributed by atoms with Crippen LogP contribution in [0, 0.1) is 0 Å². The highest BCUT2D eigenvalue weighted by atomic mass is 16.5. The summed E-state index contributed by atoms with van der Waals surface area (Å²) < 4.78 is 5.48. The molecule has 0 rings (SSSR count). The van der Waals surface area contributed by atoms with Crippen LogP contribution in [0.25, 0.3) is 0 Å². The first kappa shape index (κ1) is 78.8. The van der Waals surface area contributed by atoms with Gasteiger partial charge in [-0.15, -0.1) is 0 Å². The van der Waals surface area contributed by atoms with Gasteiger partial charge in [0.25, 0.3) is 0 Å². The number of hydrogen-bond donors (Lipinski definition) is 3. The van der Waals surface area contributed by atoms with Crippen LogP contribution in [-0.2, 0) is 14.3 Å². The first-order chi connectivity index (χ1) is 40.0. The van der Waals surface area contributed by atoms with Crippen LogP contribution in [0.2, 0.25) is 0 Å². The highest BCUT2D eigenvalue weighted by Crippen LogP contribution is 2.18. The second kappa shape index (κ2) is 70.3. The lowest BCUT2D eigenvalue weighted by Crippen LogP contribution is -2.45. The third-order valence-corrected chi connectivity index (χ3v) is 16.8. The second-order valence-corrected chi connectivity index (χ2v) is 24.9. The van der Waals surface area contributed by atoms with Gasteiger partial charge in [0.15, 0.2) is 0 Å². The van der Waals surface area contributed by atoms with Crippen molar-refractivity contribution in [2.24, 2.45) is 0 Å². The van der Waals surface area contributed by atoms with Gasteiger partial charge in [0, 0.05) is 12.8 Å². The number of allylic oxidation sites excluding steroid dienone is 7. The summed E-state index contributed by atoms with van der Waals surface area (Å²) in [6.07, 6.45) is 92.0. The van der Waals surface area contributed by atoms with Gasteiger partial charge in [-0.2, -0.15) is 0 Å². The van der Waals surface area contributed by atoms with Crippen molar-refractivity contribution in [3.8, 4) is 0 Å². The number of esters is 1. The van der Waals surface area contributed by atoms with Crippen LogP contribution in [0.5, 0.6) is 0 Å². The Morgan fingerprint density at radius 1 is 0.346 bits per heavy atom. The maximum absolute atomic E-state index is 12.5. The molecule has 0 aliphatic rings. The molecule has 2 atom stereocenters. The molecule has 1 amide bonds. The molecular formula is C75H141NO5. The highest BCUT2D eigenvalue weighted by molar-refractivity contribution is 5.76. The van der Waals surface area contributed by atoms with E-state index in [1.165, 1.54) is 315 Å². The third kappa shape index (κ3) is 66.8. The molecule has 0 heterocycles. The Bertz CT molecular complexity index is 1360. The van der Waals surface area contributed by atoms with E-state index in [4.69, 9.17) is 4.74 Å². The molecule has 6 heteroatoms. The van der Waals surface area contributed by atoms with Crippen LogP contribution >= 0.6 is 0 Å². The van der Waals surface area contributed by atoms with Crippen molar-refractivity contribution < 1.29 is 24.5 Å². The molecular weight excluding hydrogens is 995 g/mol. The van der Waals surface area contributed by atoms with Gasteiger partial charge in [0.05, 0.1) is 25.4 Å². The topological polar surface area (TPSA) is 95.9 Å². The predicted molar refractivity (Wildman–Crippen MR) is 356 cm³/mol. The molecule has 0 aromatic rings. The summed E-state index contributed by atoms with van der Waals surface area (Å²) in [7, 11) is 0. The summed E-state index contributed by atoms with van der Waals surface area (Å²) in [6.45, 7) is 4.87. The third-order valence-electron chi connectivity index (χ3n) is 16.8. The molecule has 0 aromatic carbocycles. The summed E-state index contributed by atoms with van der Waals surface area (Å²) in [5, 5.41) is 23.3. The Balaban J connectivity index is 3.40. The van der Waals surface area contributed by atoms with Gasteiger partial charge in [-0.05, 0) is 83.5 Å². The van der Waals surface area contributed by atoms with E-state index in [0.29, 0.717) is 19.4 Å². The maximum Gasteiger partial charge on any atom is 0.305 e. The molecule has 476 valence electrons. The van der Waals surface area contributed by atoms with E-state index < -0.39 is 12.1 Å². The molecule has 0 aliphatic heterocycles. The second-order valence-electron chi connectivity index (χ2n) is 24.9. The highest BCUT2D eigenvalue weighted by Gasteiger charge is 2.18. The molecule has 0 aromatic heterocycles. The zero-order valence-corrected chi connectivity index (χ0v) is 54.5. The van der Waals surface area contributed by atoms with Crippen LogP contribution in [-0.4, -0.2) is 47.4 Å². The van der Waals surface area contributed by atoms with Crippen LogP contribution < -0.4 is 5.32 Å². The summed E-state index contributed by atoms with van der Waals surface area (Å²) in [6, 6.07) is -0.628. The number of carbonyl (C=O) groups is 2. The Morgan fingerprint density at radius 3 is 1.00 bits per heavy atom. The smallest absolute Gasteiger partial charge is 0.305 e. The van der Waals surface area contributed by atoms with E-state index >= 15 is 0 Å². The Morgan fingerprint density at radius 2 is 0.642 bits per heavy atom. The van der Waals surface area contributed by atoms with Crippen molar-refractivity contribution in [3.63, 3.8) is 0 Å². The van der Waals surface area contributed by atoms with E-state index in [1.54, 1.807) is 6.08 Å². The first-order valence-corrected chi connectivity index (χ1v) is 36.4. The lowest BCUT2D eigenvalue weighted by atomic mass is 10.0. The monoisotopic (exact) mass is 1140 g/mol. The molecule has 0 saturated heterocycles. The number of amides is 1. The minimum atomic E-state index is -0.845. The quantitative estimate of drug-likeness (QED) is 0.0320. The zero-order valence-electron chi connectivity index (χ0n) is 54.5. The molecule has 6 nitrogen and oxygen atoms in total. The normalized spacial score (nSPS) is 12.8. The summed E-state index contributed by atoms with van der Waals surface area (Å²) >= 11 is 0. The van der Waals surface area contributed by atoms with E-state index in [9.17, 15) is 19.8 Å². The number of aliphatic hydroxyl groups is 2. The number of ether oxygens (including phenoxy) is 1. The van der Waals surface area contributed by atoms with Crippen molar-refractivity contribution in [2.75, 3.05) is 13.2 Å². The van der Waals surface area contributed by atoms with Crippen molar-refractivity contribution >= 4 is 11.9 Å². The van der Waals surface area contributed by atoms with Crippen molar-refractivity contribution in [1.29, 1.82) is 0 Å². The van der Waals surface area contributed by atoms with Crippen molar-refractivity contribution in [3.05, 3.63) is 48.6 Å². The van der Waals surface area contributed by atoms with Crippen LogP contribution in [0.3, 0.4) is 0 Å². The van der Waals surface area contributed by atoms with E-state index in [2.05, 4.69) is 55.6 Å². The SMILES string of the molecule is CCC/C=C\C/C=C\CCCCCCCC(=O)OCCCCCCCCCCCCCC/C=C\CCCCCCCCCCCCCCCCC(=O)NC(CO)C(O)/C=C/CCCCCCCCCCCCCCCCCCCCC. The van der Waals surface area contributed by atoms with Gasteiger partial charge < -0.3 is 20.3 Å². The van der Waals surface area contributed by atoms with Gasteiger partial charge in [-0.1, -0.05) is 345 Å². The zero-order chi connectivity index (χ0) is 58.5. The lowest BCUT2D eigenvalue weighted by molar-refractivity contribution is -0.143. The molecule has 0 aliphatic carbocycles. The Labute approximate surface area is 506 Å². The van der Waals surface area contributed by atoms with Gasteiger partial charge >= 0.3 is 5.97 Å². The molecule has 0 bridgehead atoms. The lowest BCUT2D eigenvalue weighted by Gasteiger charge is -2.20. The van der Waals surface area contributed by atoms with Gasteiger partial charge in [0.2, 0.25) is 5.91 Å². The summed E-state index contributed by atoms with van der Waals surface area (Å²) in [5.41, 5.74) is 0. The van der Waals surface area contributed by atoms with Crippen LogP contribution in [0.15, 0.2) is 48.6 Å². The largest absolute Gasteiger partial charge is 0.466 e. The van der Waals surface area contributed by atoms with Crippen molar-refractivity contribution in [1.82, 2.24) is 5.32 Å². The van der Waals surface area contributed by atoms with Gasteiger partial charge in [-0.3, -0.25) is 9.59 Å². The maximum atomic E-state index is 12.5. The number of aliphatic hydroxyl groups excluding tert-OH is 2. The first-order valence-electron chi connectivity index (χ1n) is 36.4. The predicted octanol–water partition coefficient (Wildman–Crippen LogP) is 23.6. The molecule has 0 saturated carbocycles. The van der Waals surface area contributed by atoms with Crippen LogP contribution in [0.1, 0.15) is 393 Å². The standard InChI is InChI=1S/C75H141NO5/c1-3-5-7-9-11-13-15-17-18-19-20-31-34-37-40-44-47-51-55-59-63-67-73(78)72(71-77)76-74(79)68-64-60-56-52-48-45-41-38-35-32-29-27-25-23-21-22-24-26-28-30-33-36-39-42-46-50-54-58-62-66-70-81-75(80)69-65-61-57-53-49-43-16-14-12-10-8-6-4-2/h8,10,14,16,22,24,63,67,72-73,77-78H,3-7,9,11-13,15,17-21,23,25-62,64-66,68-71H2,1-2H3,(H,76,79)/b10-8-,16-14-,24-22-,67-63+. The molecule has 3 N–H and O–H groups in total. The summed E-state index contributed by atoms with van der Waals surface area (Å²) in [4.78, 5) is 24.6. The fraction of sp³-hybridized carbons (Fsp3) is 0.867. The fourth-order valence-corrected chi connectivity index (χ4v) is 11.3. The average molecular weight is 1140 g/mol. The number of hydrogen-bond acceptors (Lipinski definition) is 5. The van der Waals surface area contributed by atoms with Gasteiger partial charge in [0.1, 0.15) is 0 Å². The average Bonchev–Trinajstić information content (AvgIpc) is 3.47. The Hall–Kier alpha value is -2.18. The number of nitrogens with one attached hydrogen (secondary N) is 1. The molecule has 2 unspecified atom stereocenters. The van der Waals surface area contributed by atoms with Crippen molar-refractivity contribution in [2.45, 2.75) is 405 Å². The fourth-order valence-electron chi connectivity index (χ4n) is 11.3. The minimum Gasteiger partial charge on any atom is -0.466 e. The summed E-state index contributed by atoms with van der Waals surface area (Å²) in [5.74, 6) is -0.0615. The molecule has 81 heavy (non-hydrogen) atoms. The molecule has 0 radical (unpaired) electrons. The van der Waals surface area contributed by atoms with E-state index in [1.807, 2.05) is 6.08 Å². The number of carbonyl (C=O) groups excluding carboxylic acids is 2. The van der Waals surface area contributed by atoms with Crippen LogP contribution in [0.4, 0.5) is 0 Å².